The van der Waals surface area contributed by atoms with Crippen molar-refractivity contribution in [2.75, 3.05) is 0 Å². The van der Waals surface area contributed by atoms with Crippen molar-refractivity contribution in [2.24, 2.45) is 5.73 Å². The van der Waals surface area contributed by atoms with Crippen LogP contribution < -0.4 is 5.73 Å². The van der Waals surface area contributed by atoms with E-state index in [1.807, 2.05) is 19.9 Å². The van der Waals surface area contributed by atoms with Crippen LogP contribution in [-0.4, -0.2) is 9.78 Å². The molecule has 0 saturated heterocycles. The minimum Gasteiger partial charge on any atom is -0.324 e. The molecule has 0 aliphatic rings. The summed E-state index contributed by atoms with van der Waals surface area (Å²) in [5.41, 5.74) is 7.99. The normalized spacial score (nSPS) is 12.8. The zero-order valence-electron chi connectivity index (χ0n) is 9.31. The number of nitrogens with zero attached hydrogens (tertiary/aromatic N) is 2. The van der Waals surface area contributed by atoms with E-state index in [1.54, 1.807) is 18.5 Å². The first kappa shape index (κ1) is 10.8. The summed E-state index contributed by atoms with van der Waals surface area (Å²) in [5, 5.41) is 4.11. The van der Waals surface area contributed by atoms with Gasteiger partial charge in [0.25, 0.3) is 0 Å². The Balaban J connectivity index is 2.62. The number of aromatic nitrogens is 2. The second kappa shape index (κ2) is 4.06. The van der Waals surface area contributed by atoms with Crippen LogP contribution in [0.15, 0.2) is 30.6 Å². The van der Waals surface area contributed by atoms with Crippen LogP contribution in [-0.2, 0) is 0 Å². The Labute approximate surface area is 93.7 Å². The predicted octanol–water partition coefficient (Wildman–Crippen LogP) is 2.34. The molecule has 0 amide bonds. The predicted molar refractivity (Wildman–Crippen MR) is 60.9 cm³/mol. The van der Waals surface area contributed by atoms with Gasteiger partial charge in [0.15, 0.2) is 0 Å². The highest BCUT2D eigenvalue weighted by molar-refractivity contribution is 5.43. The number of nitrogens with two attached hydrogens (primary N) is 1. The highest BCUT2D eigenvalue weighted by Crippen LogP contribution is 2.22. The van der Waals surface area contributed by atoms with Gasteiger partial charge in [-0.1, -0.05) is 12.1 Å². The summed E-state index contributed by atoms with van der Waals surface area (Å²) in [6.07, 6.45) is 3.47. The molecule has 0 fully saturated rings. The molecule has 0 bridgehead atoms. The monoisotopic (exact) mass is 219 g/mol. The molecule has 0 saturated carbocycles. The van der Waals surface area contributed by atoms with Crippen molar-refractivity contribution in [3.05, 3.63) is 47.5 Å². The third-order valence-corrected chi connectivity index (χ3v) is 2.45. The average molecular weight is 219 g/mol. The van der Waals surface area contributed by atoms with E-state index in [1.165, 1.54) is 10.7 Å². The van der Waals surface area contributed by atoms with E-state index in [4.69, 9.17) is 5.73 Å². The van der Waals surface area contributed by atoms with Gasteiger partial charge in [-0.05, 0) is 31.0 Å². The summed E-state index contributed by atoms with van der Waals surface area (Å²) in [7, 11) is 0. The molecular formula is C12H14FN3. The molecule has 1 aromatic heterocycles. The second-order valence-corrected chi connectivity index (χ2v) is 3.93. The molecule has 2 rings (SSSR count). The van der Waals surface area contributed by atoms with Gasteiger partial charge in [-0.3, -0.25) is 0 Å². The molecule has 0 aliphatic heterocycles. The van der Waals surface area contributed by atoms with Gasteiger partial charge in [-0.25, -0.2) is 9.07 Å². The fraction of sp³-hybridized carbons (Fsp3) is 0.250. The summed E-state index contributed by atoms with van der Waals surface area (Å²) in [5.74, 6) is -0.307. The van der Waals surface area contributed by atoms with E-state index in [2.05, 4.69) is 5.10 Å². The first-order valence-electron chi connectivity index (χ1n) is 5.15. The van der Waals surface area contributed by atoms with Crippen LogP contribution in [0.1, 0.15) is 24.1 Å². The summed E-state index contributed by atoms with van der Waals surface area (Å²) in [6, 6.07) is 4.67. The van der Waals surface area contributed by atoms with Gasteiger partial charge in [0.2, 0.25) is 0 Å². The minimum atomic E-state index is -0.307. The third kappa shape index (κ3) is 1.84. The van der Waals surface area contributed by atoms with Crippen molar-refractivity contribution in [3.8, 4) is 5.69 Å². The zero-order valence-corrected chi connectivity index (χ0v) is 9.31. The highest BCUT2D eigenvalue weighted by Gasteiger charge is 2.13. The molecular weight excluding hydrogens is 205 g/mol. The van der Waals surface area contributed by atoms with Crippen molar-refractivity contribution in [1.29, 1.82) is 0 Å². The summed E-state index contributed by atoms with van der Waals surface area (Å²) < 4.78 is 15.3. The zero-order chi connectivity index (χ0) is 11.7. The van der Waals surface area contributed by atoms with Crippen LogP contribution in [0.4, 0.5) is 4.39 Å². The van der Waals surface area contributed by atoms with Crippen LogP contribution in [0, 0.1) is 12.7 Å². The Kier molecular flexibility index (Phi) is 2.75. The Morgan fingerprint density at radius 3 is 2.75 bits per heavy atom. The number of rotatable bonds is 2. The van der Waals surface area contributed by atoms with Crippen LogP contribution in [0.3, 0.4) is 0 Å². The maximum atomic E-state index is 13.8. The average Bonchev–Trinajstić information content (AvgIpc) is 2.64. The SMILES string of the molecule is Cc1cnn(-c2c(F)cccc2[C@@H](C)N)c1. The van der Waals surface area contributed by atoms with E-state index in [0.717, 1.165) is 11.1 Å². The highest BCUT2D eigenvalue weighted by atomic mass is 19.1. The van der Waals surface area contributed by atoms with Crippen molar-refractivity contribution in [1.82, 2.24) is 9.78 Å². The molecule has 84 valence electrons. The van der Waals surface area contributed by atoms with E-state index in [0.29, 0.717) is 5.69 Å². The largest absolute Gasteiger partial charge is 0.324 e. The Bertz CT molecular complexity index is 503. The molecule has 0 radical (unpaired) electrons. The fourth-order valence-electron chi connectivity index (χ4n) is 1.68. The lowest BCUT2D eigenvalue weighted by Crippen LogP contribution is -2.11. The lowest BCUT2D eigenvalue weighted by Gasteiger charge is -2.13. The Hall–Kier alpha value is -1.68. The maximum absolute atomic E-state index is 13.8. The quantitative estimate of drug-likeness (QED) is 0.842. The van der Waals surface area contributed by atoms with Crippen molar-refractivity contribution in [2.45, 2.75) is 19.9 Å². The molecule has 0 spiro atoms. The fourth-order valence-corrected chi connectivity index (χ4v) is 1.68. The smallest absolute Gasteiger partial charge is 0.149 e. The van der Waals surface area contributed by atoms with E-state index in [-0.39, 0.29) is 11.9 Å². The number of hydrogen-bond donors (Lipinski definition) is 1. The second-order valence-electron chi connectivity index (χ2n) is 3.93. The molecule has 2 N–H and O–H groups in total. The van der Waals surface area contributed by atoms with Gasteiger partial charge in [0.1, 0.15) is 11.5 Å². The van der Waals surface area contributed by atoms with Gasteiger partial charge in [0, 0.05) is 12.2 Å². The molecule has 3 nitrogen and oxygen atoms in total. The Morgan fingerprint density at radius 1 is 1.44 bits per heavy atom. The first-order chi connectivity index (χ1) is 7.59. The van der Waals surface area contributed by atoms with Crippen molar-refractivity contribution in [3.63, 3.8) is 0 Å². The van der Waals surface area contributed by atoms with Crippen LogP contribution in [0.5, 0.6) is 0 Å². The lowest BCUT2D eigenvalue weighted by atomic mass is 10.1. The molecule has 1 heterocycles. The molecule has 2 aromatic rings. The number of para-hydroxylation sites is 1. The summed E-state index contributed by atoms with van der Waals surface area (Å²) in [6.45, 7) is 3.74. The van der Waals surface area contributed by atoms with Gasteiger partial charge in [-0.2, -0.15) is 5.10 Å². The number of aryl methyl sites for hydroxylation is 1. The molecule has 1 atom stereocenters. The third-order valence-electron chi connectivity index (χ3n) is 2.45. The topological polar surface area (TPSA) is 43.8 Å². The van der Waals surface area contributed by atoms with E-state index < -0.39 is 0 Å². The molecule has 0 unspecified atom stereocenters. The van der Waals surface area contributed by atoms with Crippen molar-refractivity contribution >= 4 is 0 Å². The van der Waals surface area contributed by atoms with Gasteiger partial charge in [0.05, 0.1) is 6.20 Å². The number of hydrogen-bond acceptors (Lipinski definition) is 2. The molecule has 0 aliphatic carbocycles. The standard InChI is InChI=1S/C12H14FN3/c1-8-6-15-16(7-8)12-10(9(2)14)4-3-5-11(12)13/h3-7,9H,14H2,1-2H3/t9-/m1/s1. The first-order valence-corrected chi connectivity index (χ1v) is 5.15. The van der Waals surface area contributed by atoms with Crippen LogP contribution in [0.25, 0.3) is 5.69 Å². The Morgan fingerprint density at radius 2 is 2.19 bits per heavy atom. The molecule has 1 aromatic carbocycles. The van der Waals surface area contributed by atoms with Gasteiger partial charge in [-0.15, -0.1) is 0 Å². The van der Waals surface area contributed by atoms with Gasteiger partial charge < -0.3 is 5.73 Å². The van der Waals surface area contributed by atoms with E-state index in [9.17, 15) is 4.39 Å². The lowest BCUT2D eigenvalue weighted by molar-refractivity contribution is 0.603. The minimum absolute atomic E-state index is 0.227. The van der Waals surface area contributed by atoms with Crippen LogP contribution >= 0.6 is 0 Å². The van der Waals surface area contributed by atoms with E-state index >= 15 is 0 Å². The maximum Gasteiger partial charge on any atom is 0.149 e. The van der Waals surface area contributed by atoms with Crippen LogP contribution in [0.2, 0.25) is 0 Å². The molecule has 16 heavy (non-hydrogen) atoms. The van der Waals surface area contributed by atoms with Gasteiger partial charge >= 0.3 is 0 Å². The van der Waals surface area contributed by atoms with Crippen molar-refractivity contribution < 1.29 is 4.39 Å². The number of benzene rings is 1. The summed E-state index contributed by atoms with van der Waals surface area (Å²) in [4.78, 5) is 0. The molecule has 4 heteroatoms. The number of halogens is 1. The summed E-state index contributed by atoms with van der Waals surface area (Å²) >= 11 is 0.